The zero-order valence-electron chi connectivity index (χ0n) is 21.5. The molecule has 0 saturated heterocycles. The van der Waals surface area contributed by atoms with Crippen LogP contribution in [0, 0.1) is 6.92 Å². The van der Waals surface area contributed by atoms with Crippen molar-refractivity contribution in [2.24, 2.45) is 0 Å². The maximum Gasteiger partial charge on any atom is 0.196 e. The third-order valence-electron chi connectivity index (χ3n) is 6.87. The normalized spacial score (nSPS) is 12.9. The van der Waals surface area contributed by atoms with Crippen LogP contribution in [-0.2, 0) is 5.41 Å². The highest BCUT2D eigenvalue weighted by Gasteiger charge is 2.31. The summed E-state index contributed by atoms with van der Waals surface area (Å²) < 4.78 is 0. The minimum Gasteiger partial charge on any atom is -0.505 e. The Morgan fingerprint density at radius 1 is 0.789 bits per heavy atom. The zero-order valence-corrected chi connectivity index (χ0v) is 21.5. The Morgan fingerprint density at radius 3 is 2.21 bits per heavy atom. The van der Waals surface area contributed by atoms with Gasteiger partial charge in [-0.05, 0) is 48.2 Å². The second-order valence-corrected chi connectivity index (χ2v) is 10.7. The van der Waals surface area contributed by atoms with Crippen LogP contribution in [0.25, 0.3) is 16.7 Å². The molecule has 188 valence electrons. The summed E-state index contributed by atoms with van der Waals surface area (Å²) in [6, 6.07) is 21.5. The Hall–Kier alpha value is -4.78. The summed E-state index contributed by atoms with van der Waals surface area (Å²) in [4.78, 5) is 27.9. The highest BCUT2D eigenvalue weighted by Crippen LogP contribution is 2.37. The van der Waals surface area contributed by atoms with Crippen LogP contribution < -0.4 is 5.32 Å². The first kappa shape index (κ1) is 23.6. The summed E-state index contributed by atoms with van der Waals surface area (Å²) in [5.41, 5.74) is 6.19. The molecule has 0 saturated carbocycles. The van der Waals surface area contributed by atoms with Gasteiger partial charge in [0, 0.05) is 27.9 Å². The molecule has 1 aliphatic rings. The lowest BCUT2D eigenvalue weighted by Crippen LogP contribution is -2.22. The average molecular weight is 503 g/mol. The van der Waals surface area contributed by atoms with Crippen LogP contribution in [0.5, 0.6) is 5.75 Å². The summed E-state index contributed by atoms with van der Waals surface area (Å²) in [6.45, 7) is 8.13. The summed E-state index contributed by atoms with van der Waals surface area (Å²) >= 11 is 0. The van der Waals surface area contributed by atoms with Crippen molar-refractivity contribution in [3.05, 3.63) is 106 Å². The number of phenolic OH excluding ortho intramolecular Hbond substituents is 1. The molecule has 38 heavy (non-hydrogen) atoms. The first-order valence-electron chi connectivity index (χ1n) is 12.4. The van der Waals surface area contributed by atoms with Gasteiger partial charge in [-0.25, -0.2) is 0 Å². The van der Waals surface area contributed by atoms with E-state index in [0.717, 1.165) is 11.1 Å². The first-order valence-corrected chi connectivity index (χ1v) is 12.4. The number of fused-ring (bicyclic) bond motifs is 3. The molecule has 4 aromatic carbocycles. The van der Waals surface area contributed by atoms with E-state index in [0.29, 0.717) is 50.3 Å². The fourth-order valence-corrected chi connectivity index (χ4v) is 4.99. The van der Waals surface area contributed by atoms with Crippen LogP contribution in [0.2, 0.25) is 0 Å². The monoisotopic (exact) mass is 502 g/mol. The van der Waals surface area contributed by atoms with E-state index in [1.54, 1.807) is 42.5 Å². The average Bonchev–Trinajstić information content (AvgIpc) is 3.31. The molecule has 0 unspecified atom stereocenters. The Morgan fingerprint density at radius 2 is 1.47 bits per heavy atom. The molecule has 6 rings (SSSR count). The van der Waals surface area contributed by atoms with E-state index in [2.05, 4.69) is 36.3 Å². The minimum atomic E-state index is -0.247. The quantitative estimate of drug-likeness (QED) is 0.297. The van der Waals surface area contributed by atoms with E-state index in [1.165, 1.54) is 4.80 Å². The lowest BCUT2D eigenvalue weighted by atomic mass is 9.83. The third kappa shape index (κ3) is 3.75. The molecule has 1 aliphatic carbocycles. The largest absolute Gasteiger partial charge is 0.505 e. The van der Waals surface area contributed by atoms with E-state index in [9.17, 15) is 14.7 Å². The molecule has 7 nitrogen and oxygen atoms in total. The molecule has 7 heteroatoms. The third-order valence-corrected chi connectivity index (χ3v) is 6.87. The molecule has 0 spiro atoms. The predicted octanol–water partition coefficient (Wildman–Crippen LogP) is 6.25. The number of rotatable bonds is 3. The maximum atomic E-state index is 13.4. The van der Waals surface area contributed by atoms with Crippen molar-refractivity contribution in [2.45, 2.75) is 33.1 Å². The molecule has 1 aromatic heterocycles. The fraction of sp³-hybridized carbons (Fsp3) is 0.161. The highest BCUT2D eigenvalue weighted by atomic mass is 16.3. The Bertz CT molecular complexity index is 1790. The van der Waals surface area contributed by atoms with Gasteiger partial charge in [0.15, 0.2) is 11.6 Å². The molecule has 0 atom stereocenters. The number of carbonyl (C=O) groups excluding carboxylic acids is 2. The Labute approximate surface area is 219 Å². The van der Waals surface area contributed by atoms with Crippen LogP contribution in [0.3, 0.4) is 0 Å². The van der Waals surface area contributed by atoms with Crippen molar-refractivity contribution in [1.29, 1.82) is 0 Å². The smallest absolute Gasteiger partial charge is 0.196 e. The SMILES string of the molecule is Cc1cc(-n2nc3ccc(Nc4cccc5c4C(=O)c4ccccc4C5=O)cc3n2)c(O)c(C(C)(C)C)c1. The van der Waals surface area contributed by atoms with Gasteiger partial charge in [-0.3, -0.25) is 9.59 Å². The van der Waals surface area contributed by atoms with Crippen molar-refractivity contribution in [3.8, 4) is 11.4 Å². The van der Waals surface area contributed by atoms with E-state index >= 15 is 0 Å². The van der Waals surface area contributed by atoms with Crippen molar-refractivity contribution in [1.82, 2.24) is 15.0 Å². The van der Waals surface area contributed by atoms with Crippen molar-refractivity contribution in [3.63, 3.8) is 0 Å². The Balaban J connectivity index is 1.39. The lowest BCUT2D eigenvalue weighted by molar-refractivity contribution is 0.0979. The number of anilines is 2. The lowest BCUT2D eigenvalue weighted by Gasteiger charge is -2.22. The van der Waals surface area contributed by atoms with Crippen LogP contribution in [0.4, 0.5) is 11.4 Å². The molecule has 1 heterocycles. The van der Waals surface area contributed by atoms with Crippen molar-refractivity contribution < 1.29 is 14.7 Å². The van der Waals surface area contributed by atoms with Gasteiger partial charge in [0.05, 0.1) is 11.3 Å². The molecule has 5 aromatic rings. The highest BCUT2D eigenvalue weighted by molar-refractivity contribution is 6.30. The topological polar surface area (TPSA) is 97.1 Å². The van der Waals surface area contributed by atoms with Crippen LogP contribution >= 0.6 is 0 Å². The van der Waals surface area contributed by atoms with E-state index < -0.39 is 0 Å². The predicted molar refractivity (Wildman–Crippen MR) is 147 cm³/mol. The molecular formula is C31H26N4O3. The number of hydrogen-bond donors (Lipinski definition) is 2. The number of aromatic nitrogens is 3. The van der Waals surface area contributed by atoms with Crippen LogP contribution in [-0.4, -0.2) is 31.7 Å². The van der Waals surface area contributed by atoms with E-state index in [4.69, 9.17) is 0 Å². The number of aryl methyl sites for hydroxylation is 1. The maximum absolute atomic E-state index is 13.4. The number of hydrogen-bond acceptors (Lipinski definition) is 6. The minimum absolute atomic E-state index is 0.154. The standard InChI is InChI=1S/C31H26N4O3/c1-17-14-22(31(2,3)4)30(38)26(15-17)35-33-23-13-12-18(16-25(23)34-35)32-24-11-7-10-21-27(24)29(37)20-9-6-5-8-19(20)28(21)36/h5-16,32,38H,1-4H3. The van der Waals surface area contributed by atoms with Gasteiger partial charge in [0.1, 0.15) is 22.5 Å². The van der Waals surface area contributed by atoms with Gasteiger partial charge in [0.2, 0.25) is 0 Å². The molecule has 0 aliphatic heterocycles. The van der Waals surface area contributed by atoms with Gasteiger partial charge >= 0.3 is 0 Å². The summed E-state index contributed by atoms with van der Waals surface area (Å²) in [5.74, 6) is -0.194. The van der Waals surface area contributed by atoms with Gasteiger partial charge in [-0.15, -0.1) is 15.0 Å². The summed E-state index contributed by atoms with van der Waals surface area (Å²) in [6.07, 6.45) is 0. The summed E-state index contributed by atoms with van der Waals surface area (Å²) in [5, 5.41) is 23.6. The molecular weight excluding hydrogens is 476 g/mol. The van der Waals surface area contributed by atoms with Crippen LogP contribution in [0.1, 0.15) is 63.7 Å². The van der Waals surface area contributed by atoms with Gasteiger partial charge in [-0.2, -0.15) is 0 Å². The second-order valence-electron chi connectivity index (χ2n) is 10.7. The van der Waals surface area contributed by atoms with E-state index in [-0.39, 0.29) is 22.7 Å². The summed E-state index contributed by atoms with van der Waals surface area (Å²) in [7, 11) is 0. The zero-order chi connectivity index (χ0) is 26.8. The molecule has 0 bridgehead atoms. The number of nitrogens with one attached hydrogen (secondary N) is 1. The van der Waals surface area contributed by atoms with Gasteiger partial charge in [0.25, 0.3) is 0 Å². The fourth-order valence-electron chi connectivity index (χ4n) is 4.99. The Kier molecular flexibility index (Phi) is 5.21. The van der Waals surface area contributed by atoms with E-state index in [1.807, 2.05) is 37.3 Å². The second kappa shape index (κ2) is 8.38. The molecule has 0 fully saturated rings. The number of carbonyl (C=O) groups is 2. The molecule has 2 N–H and O–H groups in total. The first-order chi connectivity index (χ1) is 18.1. The van der Waals surface area contributed by atoms with Crippen molar-refractivity contribution in [2.75, 3.05) is 5.32 Å². The number of benzene rings is 4. The molecule has 0 amide bonds. The number of nitrogens with zero attached hydrogens (tertiary/aromatic N) is 3. The van der Waals surface area contributed by atoms with Gasteiger partial charge in [-0.1, -0.05) is 63.2 Å². The molecule has 0 radical (unpaired) electrons. The van der Waals surface area contributed by atoms with Crippen molar-refractivity contribution >= 4 is 34.0 Å². The van der Waals surface area contributed by atoms with Crippen LogP contribution in [0.15, 0.2) is 72.8 Å². The number of aromatic hydroxyl groups is 1. The number of phenols is 1. The number of ketones is 2. The van der Waals surface area contributed by atoms with Gasteiger partial charge < -0.3 is 10.4 Å².